The molecule has 20 heavy (non-hydrogen) atoms. The molecule has 0 radical (unpaired) electrons. The summed E-state index contributed by atoms with van der Waals surface area (Å²) in [5.74, 6) is 2.63. The number of carbonyl (C=O) groups is 2. The first-order valence-electron chi connectivity index (χ1n) is 6.08. The van der Waals surface area contributed by atoms with Gasteiger partial charge in [0, 0.05) is 5.56 Å². The number of rotatable bonds is 4. The van der Waals surface area contributed by atoms with Gasteiger partial charge in [0.15, 0.2) is 0 Å². The van der Waals surface area contributed by atoms with E-state index in [2.05, 4.69) is 5.92 Å². The third kappa shape index (κ3) is 2.86. The van der Waals surface area contributed by atoms with Gasteiger partial charge in [-0.25, -0.2) is 0 Å². The molecule has 0 N–H and O–H groups in total. The van der Waals surface area contributed by atoms with Crippen molar-refractivity contribution in [2.45, 2.75) is 6.92 Å². The molecule has 1 aromatic carbocycles. The van der Waals surface area contributed by atoms with Crippen LogP contribution in [-0.2, 0) is 4.79 Å². The highest BCUT2D eigenvalue weighted by Crippen LogP contribution is 2.33. The van der Waals surface area contributed by atoms with E-state index in [0.717, 1.165) is 22.2 Å². The van der Waals surface area contributed by atoms with Gasteiger partial charge in [-0.1, -0.05) is 24.1 Å². The molecule has 102 valence electrons. The van der Waals surface area contributed by atoms with Gasteiger partial charge in [0.05, 0.1) is 18.1 Å². The van der Waals surface area contributed by atoms with Crippen LogP contribution in [0.5, 0.6) is 5.75 Å². The van der Waals surface area contributed by atoms with Crippen molar-refractivity contribution < 1.29 is 14.3 Å². The molecule has 1 aliphatic rings. The Morgan fingerprint density at radius 2 is 2.15 bits per heavy atom. The van der Waals surface area contributed by atoms with Crippen LogP contribution in [0.3, 0.4) is 0 Å². The van der Waals surface area contributed by atoms with E-state index in [1.807, 2.05) is 31.2 Å². The minimum absolute atomic E-state index is 0.00485. The van der Waals surface area contributed by atoms with Crippen LogP contribution in [0.15, 0.2) is 29.2 Å². The van der Waals surface area contributed by atoms with Gasteiger partial charge in [-0.2, -0.15) is 0 Å². The van der Waals surface area contributed by atoms with E-state index in [-0.39, 0.29) is 17.7 Å². The summed E-state index contributed by atoms with van der Waals surface area (Å²) >= 11 is 0.891. The zero-order chi connectivity index (χ0) is 14.5. The Labute approximate surface area is 121 Å². The first-order chi connectivity index (χ1) is 9.67. The molecule has 1 heterocycles. The van der Waals surface area contributed by atoms with Crippen LogP contribution in [0, 0.1) is 12.3 Å². The van der Waals surface area contributed by atoms with E-state index in [9.17, 15) is 9.59 Å². The highest BCUT2D eigenvalue weighted by Gasteiger charge is 2.34. The topological polar surface area (TPSA) is 46.6 Å². The molecule has 0 bridgehead atoms. The lowest BCUT2D eigenvalue weighted by atomic mass is 10.2. The molecule has 0 aliphatic carbocycles. The molecule has 5 heteroatoms. The minimum atomic E-state index is -0.357. The van der Waals surface area contributed by atoms with Crippen molar-refractivity contribution in [3.8, 4) is 18.1 Å². The maximum atomic E-state index is 12.1. The molecule has 0 unspecified atom stereocenters. The lowest BCUT2D eigenvalue weighted by Crippen LogP contribution is -2.28. The van der Waals surface area contributed by atoms with Gasteiger partial charge in [-0.15, -0.1) is 6.42 Å². The third-order valence-corrected chi connectivity index (χ3v) is 3.54. The number of nitrogens with zero attached hydrogens (tertiary/aromatic N) is 1. The molecular weight excluding hydrogens is 274 g/mol. The number of terminal acetylenes is 1. The van der Waals surface area contributed by atoms with Gasteiger partial charge in [-0.3, -0.25) is 14.5 Å². The Morgan fingerprint density at radius 1 is 1.40 bits per heavy atom. The largest absolute Gasteiger partial charge is 0.493 e. The SMILES string of the molecule is C#CCN1C(=O)S/C(=C/c2ccccc2OCC)C1=O. The van der Waals surface area contributed by atoms with Crippen molar-refractivity contribution in [3.05, 3.63) is 34.7 Å². The predicted molar refractivity (Wildman–Crippen MR) is 79.1 cm³/mol. The molecule has 1 aliphatic heterocycles. The Morgan fingerprint density at radius 3 is 2.85 bits per heavy atom. The summed E-state index contributed by atoms with van der Waals surface area (Å²) in [5.41, 5.74) is 0.764. The highest BCUT2D eigenvalue weighted by molar-refractivity contribution is 8.18. The van der Waals surface area contributed by atoms with E-state index < -0.39 is 0 Å². The lowest BCUT2D eigenvalue weighted by Gasteiger charge is -2.08. The van der Waals surface area contributed by atoms with Crippen molar-refractivity contribution in [1.29, 1.82) is 0 Å². The molecule has 0 atom stereocenters. The van der Waals surface area contributed by atoms with Gasteiger partial charge < -0.3 is 4.74 Å². The summed E-state index contributed by atoms with van der Waals surface area (Å²) in [5, 5.41) is -0.340. The Hall–Kier alpha value is -2.19. The van der Waals surface area contributed by atoms with Gasteiger partial charge in [0.1, 0.15) is 5.75 Å². The van der Waals surface area contributed by atoms with Crippen LogP contribution in [-0.4, -0.2) is 29.2 Å². The van der Waals surface area contributed by atoms with Crippen LogP contribution < -0.4 is 4.74 Å². The maximum Gasteiger partial charge on any atom is 0.294 e. The smallest absolute Gasteiger partial charge is 0.294 e. The molecule has 2 amide bonds. The molecule has 0 saturated carbocycles. The second-order valence-electron chi connectivity index (χ2n) is 3.94. The number of imide groups is 1. The van der Waals surface area contributed by atoms with Crippen LogP contribution >= 0.6 is 11.8 Å². The summed E-state index contributed by atoms with van der Waals surface area (Å²) in [4.78, 5) is 25.2. The average molecular weight is 287 g/mol. The minimum Gasteiger partial charge on any atom is -0.493 e. The van der Waals surface area contributed by atoms with Gasteiger partial charge in [0.25, 0.3) is 11.1 Å². The van der Waals surface area contributed by atoms with Crippen molar-refractivity contribution in [2.24, 2.45) is 0 Å². The van der Waals surface area contributed by atoms with Crippen LogP contribution in [0.25, 0.3) is 6.08 Å². The molecule has 2 rings (SSSR count). The maximum absolute atomic E-state index is 12.1. The molecule has 1 saturated heterocycles. The van der Waals surface area contributed by atoms with Crippen LogP contribution in [0.1, 0.15) is 12.5 Å². The summed E-state index contributed by atoms with van der Waals surface area (Å²) in [7, 11) is 0. The number of benzene rings is 1. The number of hydrogen-bond donors (Lipinski definition) is 0. The number of amides is 2. The number of carbonyl (C=O) groups excluding carboxylic acids is 2. The normalized spacial score (nSPS) is 16.6. The summed E-state index contributed by atoms with van der Waals surface area (Å²) in [6, 6.07) is 7.35. The molecule has 4 nitrogen and oxygen atoms in total. The van der Waals surface area contributed by atoms with Gasteiger partial charge >= 0.3 is 0 Å². The number of ether oxygens (including phenoxy) is 1. The number of hydrogen-bond acceptors (Lipinski definition) is 4. The Balaban J connectivity index is 2.31. The molecule has 0 spiro atoms. The fourth-order valence-electron chi connectivity index (χ4n) is 1.76. The quantitative estimate of drug-likeness (QED) is 0.631. The summed E-state index contributed by atoms with van der Waals surface area (Å²) < 4.78 is 5.49. The van der Waals surface area contributed by atoms with Crippen molar-refractivity contribution in [3.63, 3.8) is 0 Å². The second-order valence-corrected chi connectivity index (χ2v) is 4.94. The highest BCUT2D eigenvalue weighted by atomic mass is 32.2. The first kappa shape index (κ1) is 14.2. The zero-order valence-corrected chi connectivity index (χ0v) is 11.8. The van der Waals surface area contributed by atoms with E-state index >= 15 is 0 Å². The lowest BCUT2D eigenvalue weighted by molar-refractivity contribution is -0.122. The van der Waals surface area contributed by atoms with E-state index in [4.69, 9.17) is 11.2 Å². The third-order valence-electron chi connectivity index (χ3n) is 2.63. The van der Waals surface area contributed by atoms with E-state index in [1.54, 1.807) is 6.08 Å². The molecule has 0 aromatic heterocycles. The second kappa shape index (κ2) is 6.31. The molecule has 1 aromatic rings. The van der Waals surface area contributed by atoms with E-state index in [1.165, 1.54) is 0 Å². The fourth-order valence-corrected chi connectivity index (χ4v) is 2.58. The standard InChI is InChI=1S/C15H13NO3S/c1-3-9-16-14(17)13(20-15(16)18)10-11-7-5-6-8-12(11)19-4-2/h1,5-8,10H,4,9H2,2H3/b13-10+. The van der Waals surface area contributed by atoms with Crippen molar-refractivity contribution in [1.82, 2.24) is 4.90 Å². The average Bonchev–Trinajstić information content (AvgIpc) is 2.69. The first-order valence-corrected chi connectivity index (χ1v) is 6.89. The monoisotopic (exact) mass is 287 g/mol. The molecule has 1 fully saturated rings. The molecular formula is C15H13NO3S. The fraction of sp³-hybridized carbons (Fsp3) is 0.200. The predicted octanol–water partition coefficient (Wildman–Crippen LogP) is 2.75. The Bertz CT molecular complexity index is 616. The van der Waals surface area contributed by atoms with Gasteiger partial charge in [-0.05, 0) is 30.8 Å². The number of thioether (sulfide) groups is 1. The Kier molecular flexibility index (Phi) is 4.49. The zero-order valence-electron chi connectivity index (χ0n) is 11.0. The number of para-hydroxylation sites is 1. The van der Waals surface area contributed by atoms with Crippen LogP contribution in [0.4, 0.5) is 4.79 Å². The van der Waals surface area contributed by atoms with Crippen molar-refractivity contribution >= 4 is 29.0 Å². The van der Waals surface area contributed by atoms with Gasteiger partial charge in [0.2, 0.25) is 0 Å². The van der Waals surface area contributed by atoms with Crippen LogP contribution in [0.2, 0.25) is 0 Å². The summed E-state index contributed by atoms with van der Waals surface area (Å²) in [6.07, 6.45) is 6.81. The van der Waals surface area contributed by atoms with E-state index in [0.29, 0.717) is 17.3 Å². The van der Waals surface area contributed by atoms with Crippen molar-refractivity contribution in [2.75, 3.05) is 13.2 Å². The summed E-state index contributed by atoms with van der Waals surface area (Å²) in [6.45, 7) is 2.41.